The van der Waals surface area contributed by atoms with Crippen LogP contribution in [0.5, 0.6) is 0 Å². The summed E-state index contributed by atoms with van der Waals surface area (Å²) in [7, 11) is 0. The van der Waals surface area contributed by atoms with E-state index in [9.17, 15) is 0 Å². The van der Waals surface area contributed by atoms with E-state index in [4.69, 9.17) is 0 Å². The van der Waals surface area contributed by atoms with E-state index in [0.717, 1.165) is 19.3 Å². The second-order valence-corrected chi connectivity index (χ2v) is 9.73. The predicted octanol–water partition coefficient (Wildman–Crippen LogP) is 9.17. The fourth-order valence-corrected chi connectivity index (χ4v) is 5.47. The van der Waals surface area contributed by atoms with Gasteiger partial charge in [0.15, 0.2) is 0 Å². The molecule has 2 aliphatic carbocycles. The Bertz CT molecular complexity index is 1100. The number of fused-ring (bicyclic) bond motifs is 1. The van der Waals surface area contributed by atoms with Crippen LogP contribution in [0.3, 0.4) is 0 Å². The van der Waals surface area contributed by atoms with Crippen molar-refractivity contribution >= 4 is 6.08 Å². The number of rotatable bonds is 6. The maximum absolute atomic E-state index is 4.64. The lowest BCUT2D eigenvalue weighted by Crippen LogP contribution is -2.21. The van der Waals surface area contributed by atoms with Gasteiger partial charge in [-0.1, -0.05) is 118 Å². The summed E-state index contributed by atoms with van der Waals surface area (Å²) in [5, 5.41) is 0. The highest BCUT2D eigenvalue weighted by atomic mass is 14.4. The predicted molar refractivity (Wildman–Crippen MR) is 140 cm³/mol. The van der Waals surface area contributed by atoms with E-state index in [1.54, 1.807) is 0 Å². The standard InChI is InChI=1S/C32H36/c1-7-11-22(4)30-23(5)18-29-20-28(19-25-12-9-8-10-13-25)24(6)31(29)32(30)27-16-14-26(15-17-27)21(2)3/h8-10,12-19,21,31-32H,4,6-7,11,20H2,1-3,5H3. The van der Waals surface area contributed by atoms with Crippen LogP contribution in [0.1, 0.15) is 75.5 Å². The summed E-state index contributed by atoms with van der Waals surface area (Å²) in [6, 6.07) is 20.0. The van der Waals surface area contributed by atoms with Crippen molar-refractivity contribution in [3.63, 3.8) is 0 Å². The van der Waals surface area contributed by atoms with E-state index in [-0.39, 0.29) is 0 Å². The minimum Gasteiger partial charge on any atom is -0.0955 e. The van der Waals surface area contributed by atoms with Gasteiger partial charge in [0, 0.05) is 11.8 Å². The van der Waals surface area contributed by atoms with Gasteiger partial charge >= 0.3 is 0 Å². The molecule has 2 aromatic carbocycles. The van der Waals surface area contributed by atoms with Crippen LogP contribution >= 0.6 is 0 Å². The zero-order chi connectivity index (χ0) is 22.8. The summed E-state index contributed by atoms with van der Waals surface area (Å²) >= 11 is 0. The molecular formula is C32H36. The molecule has 0 spiro atoms. The van der Waals surface area contributed by atoms with Crippen molar-refractivity contribution in [1.82, 2.24) is 0 Å². The zero-order valence-electron chi connectivity index (χ0n) is 20.1. The first-order valence-corrected chi connectivity index (χ1v) is 12.0. The van der Waals surface area contributed by atoms with Crippen LogP contribution in [0.25, 0.3) is 6.08 Å². The molecule has 2 aromatic rings. The Morgan fingerprint density at radius 1 is 1.03 bits per heavy atom. The molecule has 164 valence electrons. The van der Waals surface area contributed by atoms with Crippen molar-refractivity contribution in [1.29, 1.82) is 0 Å². The molecule has 0 amide bonds. The molecule has 0 heterocycles. The van der Waals surface area contributed by atoms with Crippen LogP contribution in [0.15, 0.2) is 107 Å². The van der Waals surface area contributed by atoms with Gasteiger partial charge in [-0.05, 0) is 64.7 Å². The van der Waals surface area contributed by atoms with E-state index in [1.807, 2.05) is 0 Å². The molecule has 0 radical (unpaired) electrons. The molecule has 0 saturated heterocycles. The molecule has 0 bridgehead atoms. The van der Waals surface area contributed by atoms with Crippen molar-refractivity contribution < 1.29 is 0 Å². The molecule has 4 rings (SSSR count). The van der Waals surface area contributed by atoms with Crippen LogP contribution in [-0.4, -0.2) is 0 Å². The van der Waals surface area contributed by atoms with Crippen LogP contribution < -0.4 is 0 Å². The Hall–Kier alpha value is -2.86. The van der Waals surface area contributed by atoms with Gasteiger partial charge in [0.1, 0.15) is 0 Å². The molecule has 2 aliphatic rings. The van der Waals surface area contributed by atoms with Gasteiger partial charge in [-0.2, -0.15) is 0 Å². The highest BCUT2D eigenvalue weighted by molar-refractivity contribution is 5.67. The van der Waals surface area contributed by atoms with Crippen LogP contribution in [0.4, 0.5) is 0 Å². The number of hydrogen-bond acceptors (Lipinski definition) is 0. The molecule has 1 saturated carbocycles. The lowest BCUT2D eigenvalue weighted by Gasteiger charge is -2.34. The van der Waals surface area contributed by atoms with E-state index < -0.39 is 0 Å². The third-order valence-corrected chi connectivity index (χ3v) is 7.09. The summed E-state index contributed by atoms with van der Waals surface area (Å²) in [5.41, 5.74) is 12.3. The molecule has 0 aliphatic heterocycles. The van der Waals surface area contributed by atoms with E-state index >= 15 is 0 Å². The van der Waals surface area contributed by atoms with Crippen molar-refractivity contribution in [3.8, 4) is 0 Å². The quantitative estimate of drug-likeness (QED) is 0.437. The van der Waals surface area contributed by atoms with E-state index in [2.05, 4.69) is 108 Å². The highest BCUT2D eigenvalue weighted by Crippen LogP contribution is 2.55. The van der Waals surface area contributed by atoms with Crippen molar-refractivity contribution in [2.24, 2.45) is 5.92 Å². The number of benzene rings is 2. The van der Waals surface area contributed by atoms with E-state index in [0.29, 0.717) is 17.8 Å². The summed E-state index contributed by atoms with van der Waals surface area (Å²) in [5.74, 6) is 1.16. The topological polar surface area (TPSA) is 0 Å². The third-order valence-electron chi connectivity index (χ3n) is 7.09. The molecule has 0 heteroatoms. The first-order chi connectivity index (χ1) is 15.4. The zero-order valence-corrected chi connectivity index (χ0v) is 20.1. The maximum atomic E-state index is 4.64. The van der Waals surface area contributed by atoms with Crippen LogP contribution in [0, 0.1) is 5.92 Å². The molecule has 2 atom stereocenters. The smallest absolute Gasteiger partial charge is 0.0201 e. The van der Waals surface area contributed by atoms with Gasteiger partial charge in [-0.15, -0.1) is 0 Å². The monoisotopic (exact) mass is 420 g/mol. The first-order valence-electron chi connectivity index (χ1n) is 12.0. The van der Waals surface area contributed by atoms with Gasteiger partial charge in [-0.25, -0.2) is 0 Å². The summed E-state index contributed by atoms with van der Waals surface area (Å²) in [6.07, 6.45) is 7.91. The van der Waals surface area contributed by atoms with Gasteiger partial charge in [0.05, 0.1) is 0 Å². The summed E-state index contributed by atoms with van der Waals surface area (Å²) in [6.45, 7) is 18.2. The fraction of sp³-hybridized carbons (Fsp3) is 0.312. The van der Waals surface area contributed by atoms with Gasteiger partial charge < -0.3 is 0 Å². The average Bonchev–Trinajstić information content (AvgIpc) is 3.08. The maximum Gasteiger partial charge on any atom is 0.0201 e. The summed E-state index contributed by atoms with van der Waals surface area (Å²) < 4.78 is 0. The number of hydrogen-bond donors (Lipinski definition) is 0. The minimum absolute atomic E-state index is 0.296. The van der Waals surface area contributed by atoms with Gasteiger partial charge in [0.25, 0.3) is 0 Å². The third kappa shape index (κ3) is 4.24. The van der Waals surface area contributed by atoms with Gasteiger partial charge in [-0.3, -0.25) is 0 Å². The van der Waals surface area contributed by atoms with Crippen molar-refractivity contribution in [3.05, 3.63) is 124 Å². The molecule has 2 unspecified atom stereocenters. The largest absolute Gasteiger partial charge is 0.0955 e. The highest BCUT2D eigenvalue weighted by Gasteiger charge is 2.40. The minimum atomic E-state index is 0.296. The molecule has 0 aromatic heterocycles. The fourth-order valence-electron chi connectivity index (χ4n) is 5.47. The first kappa shape index (κ1) is 22.3. The van der Waals surface area contributed by atoms with Crippen molar-refractivity contribution in [2.75, 3.05) is 0 Å². The van der Waals surface area contributed by atoms with Crippen molar-refractivity contribution in [2.45, 2.75) is 58.8 Å². The molecular weight excluding hydrogens is 384 g/mol. The van der Waals surface area contributed by atoms with Crippen LogP contribution in [0.2, 0.25) is 0 Å². The second-order valence-electron chi connectivity index (χ2n) is 9.73. The Morgan fingerprint density at radius 3 is 2.34 bits per heavy atom. The molecule has 0 N–H and O–H groups in total. The second kappa shape index (κ2) is 9.33. The average molecular weight is 421 g/mol. The Morgan fingerprint density at radius 2 is 1.72 bits per heavy atom. The lowest BCUT2D eigenvalue weighted by molar-refractivity contribution is 0.619. The Kier molecular flexibility index (Phi) is 6.51. The van der Waals surface area contributed by atoms with E-state index in [1.165, 1.54) is 50.1 Å². The lowest BCUT2D eigenvalue weighted by atomic mass is 9.69. The molecule has 0 nitrogen and oxygen atoms in total. The molecule has 1 fully saturated rings. The Labute approximate surface area is 194 Å². The normalized spacial score (nSPS) is 21.8. The Balaban J connectivity index is 1.79. The van der Waals surface area contributed by atoms with Gasteiger partial charge in [0.2, 0.25) is 0 Å². The number of allylic oxidation sites excluding steroid dienone is 7. The molecule has 32 heavy (non-hydrogen) atoms. The van der Waals surface area contributed by atoms with Crippen LogP contribution in [-0.2, 0) is 0 Å². The SMILES string of the molecule is C=C(CCC)C1=C(C)C=C2CC(=Cc3ccccc3)C(=C)C2C1c1ccc(C(C)C)cc1. The summed E-state index contributed by atoms with van der Waals surface area (Å²) in [4.78, 5) is 0.